The second-order valence-electron chi connectivity index (χ2n) is 5.37. The lowest BCUT2D eigenvalue weighted by Gasteiger charge is -2.10. The molecule has 3 rings (SSSR count). The van der Waals surface area contributed by atoms with E-state index in [1.807, 2.05) is 0 Å². The van der Waals surface area contributed by atoms with Crippen molar-refractivity contribution < 1.29 is 13.2 Å². The molecule has 3 aromatic rings. The Morgan fingerprint density at radius 1 is 1.20 bits per heavy atom. The summed E-state index contributed by atoms with van der Waals surface area (Å²) in [5.41, 5.74) is 0.955. The van der Waals surface area contributed by atoms with Gasteiger partial charge >= 0.3 is 0 Å². The Kier molecular flexibility index (Phi) is 4.79. The van der Waals surface area contributed by atoms with Gasteiger partial charge in [-0.05, 0) is 30.3 Å². The maximum Gasteiger partial charge on any atom is 0.258 e. The van der Waals surface area contributed by atoms with Gasteiger partial charge in [-0.1, -0.05) is 35.1 Å². The smallest absolute Gasteiger partial charge is 0.258 e. The number of fused-ring (bicyclic) bond motifs is 1. The predicted octanol–water partition coefficient (Wildman–Crippen LogP) is 3.45. The molecule has 0 unspecified atom stereocenters. The highest BCUT2D eigenvalue weighted by atomic mass is 35.5. The third kappa shape index (κ3) is 3.52. The number of nitrogens with one attached hydrogen (secondary N) is 1. The lowest BCUT2D eigenvalue weighted by molar-refractivity contribution is 0.102. The molecule has 0 aliphatic carbocycles. The van der Waals surface area contributed by atoms with E-state index in [9.17, 15) is 13.2 Å². The molecule has 0 aliphatic rings. The van der Waals surface area contributed by atoms with Gasteiger partial charge in [0.15, 0.2) is 5.13 Å². The van der Waals surface area contributed by atoms with E-state index in [2.05, 4.69) is 10.3 Å². The molecule has 130 valence electrons. The van der Waals surface area contributed by atoms with Crippen molar-refractivity contribution in [2.45, 2.75) is 4.90 Å². The number of hydrogen-bond acceptors (Lipinski definition) is 5. The molecule has 25 heavy (non-hydrogen) atoms. The molecule has 1 heterocycles. The molecular weight excluding hydrogens is 382 g/mol. The van der Waals surface area contributed by atoms with Gasteiger partial charge in [0.05, 0.1) is 25.7 Å². The molecule has 0 saturated heterocycles. The fourth-order valence-corrected chi connectivity index (χ4v) is 4.26. The fraction of sp³-hybridized carbons (Fsp3) is 0.125. The summed E-state index contributed by atoms with van der Waals surface area (Å²) in [5, 5.41) is 3.42. The number of sulfonamides is 1. The van der Waals surface area contributed by atoms with Crippen LogP contribution < -0.4 is 5.32 Å². The molecular formula is C16H14ClN3O3S2. The van der Waals surface area contributed by atoms with Gasteiger partial charge in [-0.15, -0.1) is 0 Å². The number of amides is 1. The van der Waals surface area contributed by atoms with Crippen LogP contribution in [-0.4, -0.2) is 37.7 Å². The van der Waals surface area contributed by atoms with Gasteiger partial charge in [0.25, 0.3) is 5.91 Å². The first-order valence-corrected chi connectivity index (χ1v) is 9.81. The predicted molar refractivity (Wildman–Crippen MR) is 99.9 cm³/mol. The van der Waals surface area contributed by atoms with E-state index >= 15 is 0 Å². The molecule has 6 nitrogen and oxygen atoms in total. The summed E-state index contributed by atoms with van der Waals surface area (Å²) >= 11 is 7.21. The number of halogens is 1. The van der Waals surface area contributed by atoms with Crippen molar-refractivity contribution in [1.29, 1.82) is 0 Å². The third-order valence-corrected chi connectivity index (χ3v) is 6.55. The molecule has 0 spiro atoms. The van der Waals surface area contributed by atoms with Crippen molar-refractivity contribution in [1.82, 2.24) is 9.29 Å². The Hall–Kier alpha value is -2.00. The molecule has 0 radical (unpaired) electrons. The molecule has 0 atom stereocenters. The molecule has 1 amide bonds. The Morgan fingerprint density at radius 3 is 2.60 bits per heavy atom. The Morgan fingerprint density at radius 2 is 1.92 bits per heavy atom. The van der Waals surface area contributed by atoms with Crippen LogP contribution in [0.25, 0.3) is 10.2 Å². The van der Waals surface area contributed by atoms with Crippen LogP contribution in [-0.2, 0) is 10.0 Å². The molecule has 0 saturated carbocycles. The van der Waals surface area contributed by atoms with Crippen LogP contribution in [0.3, 0.4) is 0 Å². The minimum atomic E-state index is -3.52. The average molecular weight is 396 g/mol. The van der Waals surface area contributed by atoms with Gasteiger partial charge in [0, 0.05) is 14.1 Å². The number of carbonyl (C=O) groups is 1. The third-order valence-electron chi connectivity index (χ3n) is 3.48. The highest BCUT2D eigenvalue weighted by Crippen LogP contribution is 2.29. The molecule has 2 aromatic carbocycles. The molecule has 9 heteroatoms. The van der Waals surface area contributed by atoms with Crippen LogP contribution in [0.15, 0.2) is 47.4 Å². The Labute approximate surface area is 154 Å². The van der Waals surface area contributed by atoms with E-state index < -0.39 is 10.0 Å². The molecule has 1 N–H and O–H groups in total. The molecule has 1 aromatic heterocycles. The molecule has 0 aliphatic heterocycles. The Balaban J connectivity index is 1.92. The van der Waals surface area contributed by atoms with Gasteiger partial charge in [0.2, 0.25) is 10.0 Å². The summed E-state index contributed by atoms with van der Waals surface area (Å²) in [5.74, 6) is -0.370. The van der Waals surface area contributed by atoms with E-state index in [-0.39, 0.29) is 10.8 Å². The van der Waals surface area contributed by atoms with Crippen LogP contribution >= 0.6 is 22.9 Å². The minimum Gasteiger partial charge on any atom is -0.298 e. The summed E-state index contributed by atoms with van der Waals surface area (Å²) in [4.78, 5) is 16.8. The standard InChI is InChI=1S/C16H14ClN3O3S2/c1-20(2)25(22,23)10-7-8-13-14(9-10)24-16(18-13)19-15(21)11-5-3-4-6-12(11)17/h3-9H,1-2H3,(H,18,19,21). The van der Waals surface area contributed by atoms with Crippen molar-refractivity contribution in [2.75, 3.05) is 19.4 Å². The zero-order valence-electron chi connectivity index (χ0n) is 13.4. The lowest BCUT2D eigenvalue weighted by atomic mass is 10.2. The van der Waals surface area contributed by atoms with Crippen molar-refractivity contribution in [3.05, 3.63) is 53.1 Å². The number of rotatable bonds is 4. The quantitative estimate of drug-likeness (QED) is 0.733. The monoisotopic (exact) mass is 395 g/mol. The molecule has 0 bridgehead atoms. The SMILES string of the molecule is CN(C)S(=O)(=O)c1ccc2nc(NC(=O)c3ccccc3Cl)sc2c1. The summed E-state index contributed by atoms with van der Waals surface area (Å²) in [6.07, 6.45) is 0. The minimum absolute atomic E-state index is 0.178. The number of nitrogens with zero attached hydrogens (tertiary/aromatic N) is 2. The van der Waals surface area contributed by atoms with Crippen LogP contribution in [0, 0.1) is 0 Å². The topological polar surface area (TPSA) is 79.4 Å². The largest absolute Gasteiger partial charge is 0.298 e. The summed E-state index contributed by atoms with van der Waals surface area (Å²) in [7, 11) is -0.576. The van der Waals surface area contributed by atoms with Gasteiger partial charge in [-0.2, -0.15) is 0 Å². The van der Waals surface area contributed by atoms with Crippen LogP contribution in [0.2, 0.25) is 5.02 Å². The van der Waals surface area contributed by atoms with Gasteiger partial charge in [-0.25, -0.2) is 17.7 Å². The van der Waals surface area contributed by atoms with Gasteiger partial charge < -0.3 is 0 Å². The average Bonchev–Trinajstić information content (AvgIpc) is 2.96. The van der Waals surface area contributed by atoms with Crippen molar-refractivity contribution >= 4 is 54.2 Å². The van der Waals surface area contributed by atoms with Crippen LogP contribution in [0.4, 0.5) is 5.13 Å². The van der Waals surface area contributed by atoms with Gasteiger partial charge in [0.1, 0.15) is 0 Å². The zero-order chi connectivity index (χ0) is 18.2. The van der Waals surface area contributed by atoms with E-state index in [0.29, 0.717) is 25.9 Å². The van der Waals surface area contributed by atoms with E-state index in [1.165, 1.54) is 31.5 Å². The van der Waals surface area contributed by atoms with Crippen molar-refractivity contribution in [2.24, 2.45) is 0 Å². The number of thiazole rings is 1. The van der Waals surface area contributed by atoms with Crippen molar-refractivity contribution in [3.63, 3.8) is 0 Å². The maximum absolute atomic E-state index is 12.3. The first-order valence-electron chi connectivity index (χ1n) is 7.18. The van der Waals surface area contributed by atoms with Crippen LogP contribution in [0.1, 0.15) is 10.4 Å². The van der Waals surface area contributed by atoms with E-state index in [1.54, 1.807) is 36.4 Å². The zero-order valence-corrected chi connectivity index (χ0v) is 15.7. The maximum atomic E-state index is 12.3. The van der Waals surface area contributed by atoms with Crippen molar-refractivity contribution in [3.8, 4) is 0 Å². The highest BCUT2D eigenvalue weighted by Gasteiger charge is 2.19. The van der Waals surface area contributed by atoms with Gasteiger partial charge in [-0.3, -0.25) is 10.1 Å². The summed E-state index contributed by atoms with van der Waals surface area (Å²) < 4.78 is 26.2. The van der Waals surface area contributed by atoms with E-state index in [4.69, 9.17) is 11.6 Å². The second-order valence-corrected chi connectivity index (χ2v) is 8.96. The fourth-order valence-electron chi connectivity index (χ4n) is 2.14. The van der Waals surface area contributed by atoms with E-state index in [0.717, 1.165) is 4.31 Å². The lowest BCUT2D eigenvalue weighted by Crippen LogP contribution is -2.22. The number of hydrogen-bond donors (Lipinski definition) is 1. The first-order chi connectivity index (χ1) is 11.8. The second kappa shape index (κ2) is 6.72. The normalized spacial score (nSPS) is 11.8. The number of anilines is 1. The first kappa shape index (κ1) is 17.8. The molecule has 0 fully saturated rings. The summed E-state index contributed by atoms with van der Waals surface area (Å²) in [6, 6.07) is 11.4. The number of aromatic nitrogens is 1. The summed E-state index contributed by atoms with van der Waals surface area (Å²) in [6.45, 7) is 0. The van der Waals surface area contributed by atoms with Crippen LogP contribution in [0.5, 0.6) is 0 Å². The highest BCUT2D eigenvalue weighted by molar-refractivity contribution is 7.89. The number of benzene rings is 2. The Bertz CT molecular complexity index is 1060. The number of carbonyl (C=O) groups excluding carboxylic acids is 1.